The normalized spacial score (nSPS) is 12.3. The van der Waals surface area contributed by atoms with Crippen molar-refractivity contribution in [1.82, 2.24) is 37.7 Å². The lowest BCUT2D eigenvalue weighted by atomic mass is 9.97. The largest absolute Gasteiger partial charge is 0.423 e. The molecule has 280 valence electrons. The van der Waals surface area contributed by atoms with Crippen LogP contribution in [-0.2, 0) is 0 Å². The summed E-state index contributed by atoms with van der Waals surface area (Å²) in [6.45, 7) is 0. The highest BCUT2D eigenvalue weighted by Gasteiger charge is 2.20. The Morgan fingerprint density at radius 1 is 0.383 bits per heavy atom. The molecule has 0 bridgehead atoms. The summed E-state index contributed by atoms with van der Waals surface area (Å²) in [5.74, 6) is 2.30. The van der Waals surface area contributed by atoms with Gasteiger partial charge in [0.1, 0.15) is 0 Å². The molecule has 6 heterocycles. The lowest BCUT2D eigenvalue weighted by Gasteiger charge is -2.09. The molecule has 0 radical (unpaired) electrons. The first-order valence-corrected chi connectivity index (χ1v) is 20.0. The third-order valence-corrected chi connectivity index (χ3v) is 12.2. The standard InChI is InChI=1S/C51H30N8O/c1-3-12-41-37(10-1)52-49-53-39-23-20-34(27-45(39)57(41)49)31-18-16-30(17-19-31)32-8-7-9-33(26-32)35-21-25-43-47(28-35)58-42-13-4-2-11-38(42)54-50(58)56(43)36-22-24-40-46(29-36)59-44-14-5-6-15-48(44)60-51(59)55-40/h1-29H,(H,52,53). The van der Waals surface area contributed by atoms with E-state index >= 15 is 0 Å². The molecule has 0 fully saturated rings. The second kappa shape index (κ2) is 11.6. The Morgan fingerprint density at radius 3 is 1.85 bits per heavy atom. The van der Waals surface area contributed by atoms with Gasteiger partial charge in [-0.25, -0.2) is 9.97 Å². The molecule has 14 rings (SSSR count). The highest BCUT2D eigenvalue weighted by molar-refractivity contribution is 5.96. The van der Waals surface area contributed by atoms with Crippen LogP contribution < -0.4 is 0 Å². The number of aromatic amines is 1. The number of rotatable bonds is 4. The van der Waals surface area contributed by atoms with Crippen molar-refractivity contribution >= 4 is 83.7 Å². The van der Waals surface area contributed by atoms with Crippen LogP contribution >= 0.6 is 0 Å². The first kappa shape index (κ1) is 31.6. The Kier molecular flexibility index (Phi) is 6.11. The molecule has 0 saturated carbocycles. The molecule has 14 aromatic rings. The van der Waals surface area contributed by atoms with Crippen LogP contribution in [0.5, 0.6) is 0 Å². The number of nitrogens with zero attached hydrogens (tertiary/aromatic N) is 7. The van der Waals surface area contributed by atoms with Gasteiger partial charge in [0.05, 0.1) is 66.4 Å². The van der Waals surface area contributed by atoms with E-state index in [1.807, 2.05) is 30.3 Å². The number of H-pyrrole nitrogens is 1. The van der Waals surface area contributed by atoms with Gasteiger partial charge in [-0.05, 0) is 118 Å². The second-order valence-electron chi connectivity index (χ2n) is 15.5. The maximum absolute atomic E-state index is 6.12. The van der Waals surface area contributed by atoms with Crippen LogP contribution in [-0.4, -0.2) is 37.7 Å². The Hall–Kier alpha value is -8.43. The molecule has 0 aliphatic rings. The molecular weight excluding hydrogens is 741 g/mol. The molecule has 0 spiro atoms. The van der Waals surface area contributed by atoms with Gasteiger partial charge in [0.15, 0.2) is 5.58 Å². The average Bonchev–Trinajstić information content (AvgIpc) is 4.14. The number of hydrogen-bond acceptors (Lipinski definition) is 4. The molecule has 0 atom stereocenters. The summed E-state index contributed by atoms with van der Waals surface area (Å²) in [6, 6.07) is 62.1. The number of hydrogen-bond donors (Lipinski definition) is 1. The first-order valence-electron chi connectivity index (χ1n) is 20.0. The van der Waals surface area contributed by atoms with Gasteiger partial charge in [-0.15, -0.1) is 0 Å². The minimum Gasteiger partial charge on any atom is -0.423 e. The van der Waals surface area contributed by atoms with E-state index in [2.05, 4.69) is 168 Å². The van der Waals surface area contributed by atoms with Crippen LogP contribution in [0.4, 0.5) is 0 Å². The van der Waals surface area contributed by atoms with E-state index in [0.717, 1.165) is 117 Å². The highest BCUT2D eigenvalue weighted by Crippen LogP contribution is 2.36. The molecule has 9 nitrogen and oxygen atoms in total. The zero-order chi connectivity index (χ0) is 39.1. The van der Waals surface area contributed by atoms with Crippen molar-refractivity contribution in [3.05, 3.63) is 176 Å². The van der Waals surface area contributed by atoms with Gasteiger partial charge in [0, 0.05) is 0 Å². The zero-order valence-electron chi connectivity index (χ0n) is 31.8. The summed E-state index contributed by atoms with van der Waals surface area (Å²) < 4.78 is 15.0. The molecule has 8 aromatic carbocycles. The van der Waals surface area contributed by atoms with Crippen LogP contribution in [0.3, 0.4) is 0 Å². The quantitative estimate of drug-likeness (QED) is 0.193. The van der Waals surface area contributed by atoms with E-state index in [4.69, 9.17) is 19.4 Å². The van der Waals surface area contributed by atoms with Crippen molar-refractivity contribution in [2.75, 3.05) is 0 Å². The summed E-state index contributed by atoms with van der Waals surface area (Å²) in [5.41, 5.74) is 20.0. The van der Waals surface area contributed by atoms with Gasteiger partial charge < -0.3 is 9.40 Å². The third kappa shape index (κ3) is 4.37. The Labute approximate surface area is 339 Å². The molecular formula is C51H30N8O. The number of imidazole rings is 5. The monoisotopic (exact) mass is 770 g/mol. The Morgan fingerprint density at radius 2 is 1.02 bits per heavy atom. The molecule has 1 N–H and O–H groups in total. The predicted octanol–water partition coefficient (Wildman–Crippen LogP) is 12.3. The molecule has 0 saturated heterocycles. The molecule has 0 aliphatic carbocycles. The molecule has 9 heteroatoms. The minimum atomic E-state index is 0.584. The molecule has 0 aliphatic heterocycles. The number of para-hydroxylation sites is 6. The van der Waals surface area contributed by atoms with Crippen LogP contribution in [0.2, 0.25) is 0 Å². The molecule has 6 aromatic heterocycles. The number of nitrogens with one attached hydrogen (secondary N) is 1. The fraction of sp³-hybridized carbons (Fsp3) is 0. The summed E-state index contributed by atoms with van der Waals surface area (Å²) in [6.07, 6.45) is 0. The fourth-order valence-electron chi connectivity index (χ4n) is 9.35. The first-order chi connectivity index (χ1) is 29.7. The van der Waals surface area contributed by atoms with Crippen LogP contribution in [0.1, 0.15) is 0 Å². The van der Waals surface area contributed by atoms with E-state index in [-0.39, 0.29) is 0 Å². The van der Waals surface area contributed by atoms with Crippen LogP contribution in [0.15, 0.2) is 180 Å². The Bertz CT molecular complexity index is 4080. The minimum absolute atomic E-state index is 0.584. The highest BCUT2D eigenvalue weighted by atomic mass is 16.4. The van der Waals surface area contributed by atoms with Gasteiger partial charge in [-0.2, -0.15) is 4.98 Å². The Balaban J connectivity index is 0.864. The zero-order valence-corrected chi connectivity index (χ0v) is 31.8. The van der Waals surface area contributed by atoms with Crippen molar-refractivity contribution in [2.45, 2.75) is 0 Å². The number of fused-ring (bicyclic) bond motifs is 15. The van der Waals surface area contributed by atoms with E-state index in [1.165, 1.54) is 0 Å². The number of benzene rings is 8. The van der Waals surface area contributed by atoms with Crippen molar-refractivity contribution in [1.29, 1.82) is 0 Å². The van der Waals surface area contributed by atoms with E-state index in [0.29, 0.717) is 5.84 Å². The summed E-state index contributed by atoms with van der Waals surface area (Å²) in [5, 5.41) is 0. The summed E-state index contributed by atoms with van der Waals surface area (Å²) in [7, 11) is 0. The average molecular weight is 771 g/mol. The van der Waals surface area contributed by atoms with Crippen molar-refractivity contribution in [3.8, 4) is 39.1 Å². The van der Waals surface area contributed by atoms with E-state index < -0.39 is 0 Å². The predicted molar refractivity (Wildman–Crippen MR) is 240 cm³/mol. The molecule has 0 unspecified atom stereocenters. The van der Waals surface area contributed by atoms with Gasteiger partial charge in [-0.3, -0.25) is 17.8 Å². The van der Waals surface area contributed by atoms with Crippen LogP contribution in [0.25, 0.3) is 123 Å². The van der Waals surface area contributed by atoms with Crippen molar-refractivity contribution < 1.29 is 4.42 Å². The third-order valence-electron chi connectivity index (χ3n) is 12.2. The summed E-state index contributed by atoms with van der Waals surface area (Å²) >= 11 is 0. The lowest BCUT2D eigenvalue weighted by molar-refractivity contribution is 0.643. The van der Waals surface area contributed by atoms with Gasteiger partial charge >= 0.3 is 5.84 Å². The maximum atomic E-state index is 6.12. The number of oxazole rings is 1. The molecule has 60 heavy (non-hydrogen) atoms. The van der Waals surface area contributed by atoms with Crippen molar-refractivity contribution in [3.63, 3.8) is 0 Å². The topological polar surface area (TPSA) is 85.8 Å². The number of aromatic nitrogens is 8. The molecule has 0 amide bonds. The maximum Gasteiger partial charge on any atom is 0.307 e. The van der Waals surface area contributed by atoms with Crippen molar-refractivity contribution in [2.24, 2.45) is 0 Å². The fourth-order valence-corrected chi connectivity index (χ4v) is 9.35. The SMILES string of the molecule is c1cc(-c2ccc(-c3ccc4[nH]c5nc6ccccc6n5c4c3)cc2)cc(-c2ccc3c(c2)n2c4ccccc4nc2n3-c2ccc3nc4oc5ccccc5n4c3c2)c1. The smallest absolute Gasteiger partial charge is 0.307 e. The van der Waals surface area contributed by atoms with Gasteiger partial charge in [-0.1, -0.05) is 91.0 Å². The summed E-state index contributed by atoms with van der Waals surface area (Å²) in [4.78, 5) is 18.3. The second-order valence-corrected chi connectivity index (χ2v) is 15.5. The van der Waals surface area contributed by atoms with E-state index in [9.17, 15) is 0 Å². The van der Waals surface area contributed by atoms with Gasteiger partial charge in [0.25, 0.3) is 0 Å². The van der Waals surface area contributed by atoms with E-state index in [1.54, 1.807) is 0 Å². The lowest BCUT2D eigenvalue weighted by Crippen LogP contribution is -1.95. The van der Waals surface area contributed by atoms with Crippen LogP contribution in [0, 0.1) is 0 Å². The van der Waals surface area contributed by atoms with Gasteiger partial charge in [0.2, 0.25) is 11.6 Å².